The number of ether oxygens (including phenoxy) is 1. The average Bonchev–Trinajstić information content (AvgIpc) is 3.80. The number of hydrogen-bond acceptors (Lipinski definition) is 8. The Bertz CT molecular complexity index is 2580. The first-order chi connectivity index (χ1) is 35.1. The van der Waals surface area contributed by atoms with Crippen molar-refractivity contribution < 1.29 is 50.3 Å². The molecule has 1 unspecified atom stereocenters. The van der Waals surface area contributed by atoms with Crippen LogP contribution in [0.4, 0.5) is 26.3 Å². The van der Waals surface area contributed by atoms with Crippen molar-refractivity contribution in [2.24, 2.45) is 23.3 Å². The smallest absolute Gasteiger partial charge is 0.332 e. The van der Waals surface area contributed by atoms with E-state index in [-0.39, 0.29) is 91.4 Å². The normalized spacial score (nSPS) is 22.6. The summed E-state index contributed by atoms with van der Waals surface area (Å²) in [4.78, 5) is 60.7. The van der Waals surface area contributed by atoms with Crippen LogP contribution in [-0.2, 0) is 49.6 Å². The summed E-state index contributed by atoms with van der Waals surface area (Å²) in [6, 6.07) is 20.3. The molecule has 3 amide bonds. The molecule has 11 nitrogen and oxygen atoms in total. The molecule has 4 bridgehead atoms. The molecule has 4 heterocycles. The topological polar surface area (TPSA) is 151 Å². The molecular formula is C56H64F6N6O5. The lowest BCUT2D eigenvalue weighted by atomic mass is 9.82. The van der Waals surface area contributed by atoms with Gasteiger partial charge in [-0.15, -0.1) is 0 Å². The van der Waals surface area contributed by atoms with Gasteiger partial charge >= 0.3 is 5.97 Å². The highest BCUT2D eigenvalue weighted by molar-refractivity contribution is 5.96. The van der Waals surface area contributed by atoms with Crippen molar-refractivity contribution in [3.8, 4) is 0 Å². The van der Waals surface area contributed by atoms with Gasteiger partial charge in [-0.2, -0.15) is 0 Å². The molecule has 0 saturated carbocycles. The molecule has 8 rings (SSSR count). The zero-order valence-corrected chi connectivity index (χ0v) is 40.8. The Morgan fingerprint density at radius 1 is 0.616 bits per heavy atom. The van der Waals surface area contributed by atoms with E-state index in [1.165, 1.54) is 4.90 Å². The molecule has 4 aliphatic heterocycles. The van der Waals surface area contributed by atoms with Crippen molar-refractivity contribution in [3.05, 3.63) is 154 Å². The van der Waals surface area contributed by atoms with Gasteiger partial charge < -0.3 is 30.9 Å². The Hall–Kier alpha value is -6.04. The SMILES string of the molecule is N[C@H](Cc1cc(F)c(F)cc1F)[C@H]1C[C@H]2CC[C@@H](C1)N2C(=O)CNC(CCc1ccccc1)OC(=O)/C=C\C(=O)N(CCCc1ccccc1)CC(=O)N1[C@@H]2CC[C@H]1C[C@@H]([C@H](N)Cc1cc(F)c(F)cc1F)C2. The van der Waals surface area contributed by atoms with E-state index in [0.29, 0.717) is 63.5 Å². The van der Waals surface area contributed by atoms with Gasteiger partial charge in [-0.05, 0) is 130 Å². The van der Waals surface area contributed by atoms with Crippen LogP contribution in [0.25, 0.3) is 0 Å². The van der Waals surface area contributed by atoms with Gasteiger partial charge in [-0.1, -0.05) is 60.7 Å². The molecule has 4 aliphatic rings. The predicted octanol–water partition coefficient (Wildman–Crippen LogP) is 7.61. The standard InChI is InChI=1S/C56H64F6N6O5/c57-44-30-48(61)46(59)26-36(44)28-50(63)38-22-40-14-15-41(23-38)67(40)54(70)32-65-52(18-13-35-10-5-2-6-11-35)73-56(72)20-19-53(69)66(21-7-12-34-8-3-1-4-9-34)33-55(71)68-42-16-17-43(68)25-39(24-42)51(64)29-37-27-47(60)49(62)31-45(37)58/h1-6,8-11,19-20,26-27,30-31,38-43,50-52,65H,7,12-18,21-25,28-29,32-33,63-64H2/b20-19-/t38-,39-,40+,41-,42+,43-,50-,51-,52?/m1/s1. The minimum absolute atomic E-state index is 0.00393. The van der Waals surface area contributed by atoms with E-state index in [1.807, 2.05) is 70.5 Å². The molecule has 390 valence electrons. The summed E-state index contributed by atoms with van der Waals surface area (Å²) in [6.07, 6.45) is 8.39. The first kappa shape index (κ1) is 53.3. The van der Waals surface area contributed by atoms with Crippen molar-refractivity contribution in [2.75, 3.05) is 19.6 Å². The molecule has 4 aromatic carbocycles. The van der Waals surface area contributed by atoms with Crippen molar-refractivity contribution in [3.63, 3.8) is 0 Å². The van der Waals surface area contributed by atoms with Crippen LogP contribution in [0.1, 0.15) is 86.5 Å². The third-order valence-corrected chi connectivity index (χ3v) is 15.4. The lowest BCUT2D eigenvalue weighted by Crippen LogP contribution is -2.53. The molecule has 4 aromatic rings. The number of nitrogens with zero attached hydrogens (tertiary/aromatic N) is 3. The Labute approximate surface area is 422 Å². The quantitative estimate of drug-likeness (QED) is 0.0254. The van der Waals surface area contributed by atoms with Crippen LogP contribution in [0.5, 0.6) is 0 Å². The van der Waals surface area contributed by atoms with Gasteiger partial charge in [0.25, 0.3) is 0 Å². The first-order valence-electron chi connectivity index (χ1n) is 25.5. The number of esters is 1. The van der Waals surface area contributed by atoms with E-state index in [2.05, 4.69) is 5.32 Å². The Kier molecular flexibility index (Phi) is 17.7. The van der Waals surface area contributed by atoms with Gasteiger partial charge in [0.1, 0.15) is 18.2 Å². The largest absolute Gasteiger partial charge is 0.443 e. The number of aryl methyl sites for hydroxylation is 2. The monoisotopic (exact) mass is 1010 g/mol. The van der Waals surface area contributed by atoms with Gasteiger partial charge in [0.2, 0.25) is 17.7 Å². The van der Waals surface area contributed by atoms with Crippen LogP contribution in [0, 0.1) is 46.7 Å². The number of nitrogens with one attached hydrogen (secondary N) is 1. The van der Waals surface area contributed by atoms with Crippen molar-refractivity contribution in [2.45, 2.75) is 132 Å². The highest BCUT2D eigenvalue weighted by atomic mass is 19.2. The fourth-order valence-electron chi connectivity index (χ4n) is 11.7. The third-order valence-electron chi connectivity index (χ3n) is 15.4. The van der Waals surface area contributed by atoms with Gasteiger partial charge in [0.05, 0.1) is 6.54 Å². The maximum atomic E-state index is 14.5. The van der Waals surface area contributed by atoms with E-state index in [1.54, 1.807) is 0 Å². The van der Waals surface area contributed by atoms with E-state index >= 15 is 0 Å². The minimum Gasteiger partial charge on any atom is -0.443 e. The molecule has 17 heteroatoms. The molecular weight excluding hydrogens is 951 g/mol. The molecule has 73 heavy (non-hydrogen) atoms. The average molecular weight is 1020 g/mol. The first-order valence-corrected chi connectivity index (χ1v) is 25.5. The minimum atomic E-state index is -1.27. The van der Waals surface area contributed by atoms with Gasteiger partial charge in [0.15, 0.2) is 29.5 Å². The fraction of sp³-hybridized carbons (Fsp3) is 0.464. The summed E-state index contributed by atoms with van der Waals surface area (Å²) in [5, 5.41) is 3.13. The summed E-state index contributed by atoms with van der Waals surface area (Å²) >= 11 is 0. The Balaban J connectivity index is 0.882. The maximum Gasteiger partial charge on any atom is 0.332 e. The zero-order valence-electron chi connectivity index (χ0n) is 40.8. The Morgan fingerprint density at radius 2 is 1.07 bits per heavy atom. The molecule has 0 spiro atoms. The zero-order chi connectivity index (χ0) is 51.8. The fourth-order valence-corrected chi connectivity index (χ4v) is 11.7. The van der Waals surface area contributed by atoms with Crippen molar-refractivity contribution in [1.82, 2.24) is 20.0 Å². The maximum absolute atomic E-state index is 14.5. The van der Waals surface area contributed by atoms with Gasteiger partial charge in [-0.3, -0.25) is 19.7 Å². The van der Waals surface area contributed by atoms with E-state index < -0.39 is 65.1 Å². The van der Waals surface area contributed by atoms with Crippen LogP contribution in [-0.4, -0.2) is 101 Å². The van der Waals surface area contributed by atoms with Crippen molar-refractivity contribution in [1.29, 1.82) is 0 Å². The van der Waals surface area contributed by atoms with Gasteiger partial charge in [-0.25, -0.2) is 31.1 Å². The summed E-state index contributed by atoms with van der Waals surface area (Å²) in [5.74, 6) is -8.53. The predicted molar refractivity (Wildman–Crippen MR) is 262 cm³/mol. The number of amides is 3. The number of nitrogens with two attached hydrogens (primary N) is 2. The molecule has 9 atom stereocenters. The van der Waals surface area contributed by atoms with Crippen LogP contribution < -0.4 is 16.8 Å². The molecule has 5 N–H and O–H groups in total. The summed E-state index contributed by atoms with van der Waals surface area (Å²) < 4.78 is 89.9. The number of rotatable bonds is 21. The number of carbonyl (C=O) groups excluding carboxylic acids is 4. The summed E-state index contributed by atoms with van der Waals surface area (Å²) in [7, 11) is 0. The molecule has 0 aliphatic carbocycles. The molecule has 4 saturated heterocycles. The number of fused-ring (bicyclic) bond motifs is 4. The second-order valence-corrected chi connectivity index (χ2v) is 20.3. The Morgan fingerprint density at radius 3 is 1.56 bits per heavy atom. The van der Waals surface area contributed by atoms with Crippen molar-refractivity contribution >= 4 is 23.7 Å². The third kappa shape index (κ3) is 13.6. The number of hydrogen-bond donors (Lipinski definition) is 3. The van der Waals surface area contributed by atoms with E-state index in [0.717, 1.165) is 61.1 Å². The number of benzene rings is 4. The van der Waals surface area contributed by atoms with Crippen LogP contribution in [0.3, 0.4) is 0 Å². The van der Waals surface area contributed by atoms with Gasteiger partial charge in [0, 0.05) is 73.5 Å². The number of piperidine rings is 2. The molecule has 0 radical (unpaired) electrons. The molecule has 0 aromatic heterocycles. The van der Waals surface area contributed by atoms with E-state index in [4.69, 9.17) is 16.2 Å². The highest BCUT2D eigenvalue weighted by Crippen LogP contribution is 2.42. The summed E-state index contributed by atoms with van der Waals surface area (Å²) in [6.45, 7) is -0.163. The van der Waals surface area contributed by atoms with Crippen LogP contribution in [0.2, 0.25) is 0 Å². The summed E-state index contributed by atoms with van der Waals surface area (Å²) in [5.41, 5.74) is 15.1. The number of halogens is 6. The molecule has 4 fully saturated rings. The van der Waals surface area contributed by atoms with E-state index in [9.17, 15) is 45.5 Å². The van der Waals surface area contributed by atoms with Crippen LogP contribution >= 0.6 is 0 Å². The lowest BCUT2D eigenvalue weighted by Gasteiger charge is -2.41. The highest BCUT2D eigenvalue weighted by Gasteiger charge is 2.46. The second-order valence-electron chi connectivity index (χ2n) is 20.3. The number of carbonyl (C=O) groups is 4. The lowest BCUT2D eigenvalue weighted by molar-refractivity contribution is -0.147. The van der Waals surface area contributed by atoms with Crippen LogP contribution in [0.15, 0.2) is 97.1 Å². The second kappa shape index (κ2) is 24.3.